The quantitative estimate of drug-likeness (QED) is 0.840. The molecule has 0 aromatic heterocycles. The molecular formula is C15H29N3O2. The molecule has 116 valence electrons. The van der Waals surface area contributed by atoms with Gasteiger partial charge in [0.25, 0.3) is 0 Å². The Kier molecular flexibility index (Phi) is 6.10. The number of amides is 1. The lowest BCUT2D eigenvalue weighted by Crippen LogP contribution is -2.52. The third-order valence-corrected chi connectivity index (χ3v) is 4.63. The Morgan fingerprint density at radius 3 is 2.65 bits per heavy atom. The molecule has 2 aliphatic heterocycles. The fraction of sp³-hybridized carbons (Fsp3) is 0.933. The van der Waals surface area contributed by atoms with Crippen LogP contribution in [0, 0.1) is 5.92 Å². The predicted molar refractivity (Wildman–Crippen MR) is 79.3 cm³/mol. The number of rotatable bonds is 5. The summed E-state index contributed by atoms with van der Waals surface area (Å²) in [7, 11) is 1.47. The van der Waals surface area contributed by atoms with E-state index < -0.39 is 0 Å². The Balaban J connectivity index is 1.84. The molecule has 0 aromatic carbocycles. The first-order chi connectivity index (χ1) is 9.76. The number of nitrogens with zero attached hydrogens (tertiary/aromatic N) is 2. The zero-order chi connectivity index (χ0) is 14.4. The highest BCUT2D eigenvalue weighted by atomic mass is 16.5. The first kappa shape index (κ1) is 15.6. The monoisotopic (exact) mass is 283 g/mol. The Bertz CT molecular complexity index is 297. The second kappa shape index (κ2) is 7.84. The van der Waals surface area contributed by atoms with E-state index in [1.807, 2.05) is 5.01 Å². The summed E-state index contributed by atoms with van der Waals surface area (Å²) < 4.78 is 4.92. The molecule has 1 N–H and O–H groups in total. The highest BCUT2D eigenvalue weighted by Gasteiger charge is 2.31. The van der Waals surface area contributed by atoms with Crippen LogP contribution in [0.4, 0.5) is 4.79 Å². The minimum atomic E-state index is -0.212. The van der Waals surface area contributed by atoms with Gasteiger partial charge in [0.1, 0.15) is 0 Å². The second-order valence-corrected chi connectivity index (χ2v) is 5.94. The molecule has 5 nitrogen and oxygen atoms in total. The van der Waals surface area contributed by atoms with Crippen molar-refractivity contribution in [2.75, 3.05) is 33.3 Å². The van der Waals surface area contributed by atoms with Gasteiger partial charge in [0, 0.05) is 25.7 Å². The number of hydrogen-bond acceptors (Lipinski definition) is 4. The van der Waals surface area contributed by atoms with Gasteiger partial charge in [-0.2, -0.15) is 0 Å². The molecular weight excluding hydrogens is 254 g/mol. The van der Waals surface area contributed by atoms with E-state index in [1.54, 1.807) is 0 Å². The fourth-order valence-electron chi connectivity index (χ4n) is 3.40. The van der Waals surface area contributed by atoms with Gasteiger partial charge in [0.15, 0.2) is 0 Å². The summed E-state index contributed by atoms with van der Waals surface area (Å²) >= 11 is 0. The summed E-state index contributed by atoms with van der Waals surface area (Å²) in [6.45, 7) is 6.04. The van der Waals surface area contributed by atoms with Gasteiger partial charge in [-0.15, -0.1) is 0 Å². The van der Waals surface area contributed by atoms with Crippen LogP contribution >= 0.6 is 0 Å². The van der Waals surface area contributed by atoms with E-state index in [0.717, 1.165) is 38.4 Å². The van der Waals surface area contributed by atoms with Crippen LogP contribution in [0.2, 0.25) is 0 Å². The minimum Gasteiger partial charge on any atom is -0.452 e. The summed E-state index contributed by atoms with van der Waals surface area (Å²) in [6, 6.07) is 0.708. The maximum atomic E-state index is 11.9. The highest BCUT2D eigenvalue weighted by Crippen LogP contribution is 2.26. The number of hydrazine groups is 1. The van der Waals surface area contributed by atoms with Crippen LogP contribution in [0.25, 0.3) is 0 Å². The summed E-state index contributed by atoms with van der Waals surface area (Å²) in [5.41, 5.74) is 0. The van der Waals surface area contributed by atoms with Crippen molar-refractivity contribution in [2.45, 2.75) is 51.5 Å². The van der Waals surface area contributed by atoms with Gasteiger partial charge in [-0.05, 0) is 44.6 Å². The summed E-state index contributed by atoms with van der Waals surface area (Å²) in [4.78, 5) is 11.9. The topological polar surface area (TPSA) is 44.8 Å². The van der Waals surface area contributed by atoms with Gasteiger partial charge in [0.2, 0.25) is 0 Å². The fourth-order valence-corrected chi connectivity index (χ4v) is 3.40. The molecule has 2 fully saturated rings. The summed E-state index contributed by atoms with van der Waals surface area (Å²) in [6.07, 6.45) is 6.90. The summed E-state index contributed by atoms with van der Waals surface area (Å²) in [5.74, 6) is 0.777. The normalized spacial score (nSPS) is 24.8. The van der Waals surface area contributed by atoms with E-state index in [2.05, 4.69) is 17.2 Å². The van der Waals surface area contributed by atoms with Gasteiger partial charge < -0.3 is 10.1 Å². The third kappa shape index (κ3) is 3.85. The van der Waals surface area contributed by atoms with Crippen molar-refractivity contribution in [2.24, 2.45) is 5.92 Å². The second-order valence-electron chi connectivity index (χ2n) is 5.94. The van der Waals surface area contributed by atoms with Crippen LogP contribution in [-0.2, 0) is 4.74 Å². The maximum absolute atomic E-state index is 11.9. The van der Waals surface area contributed by atoms with Crippen molar-refractivity contribution in [3.63, 3.8) is 0 Å². The van der Waals surface area contributed by atoms with Crippen molar-refractivity contribution in [3.8, 4) is 0 Å². The first-order valence-electron chi connectivity index (χ1n) is 8.10. The zero-order valence-corrected chi connectivity index (χ0v) is 12.9. The Morgan fingerprint density at radius 2 is 2.10 bits per heavy atom. The minimum absolute atomic E-state index is 0.212. The van der Waals surface area contributed by atoms with E-state index in [0.29, 0.717) is 6.04 Å². The highest BCUT2D eigenvalue weighted by molar-refractivity contribution is 5.66. The number of carbonyl (C=O) groups excluding carboxylic acids is 1. The first-order valence-corrected chi connectivity index (χ1v) is 8.10. The number of unbranched alkanes of at least 4 members (excludes halogenated alkanes) is 1. The standard InChI is InChI=1S/C15H29N3O2/c1-3-4-10-18(15(19)20-2)17-11-7-13(8-12-17)14-6-5-9-16-14/h13-14,16H,3-12H2,1-2H3/t14-/m0/s1. The lowest BCUT2D eigenvalue weighted by atomic mass is 9.89. The van der Waals surface area contributed by atoms with Gasteiger partial charge in [-0.25, -0.2) is 14.8 Å². The Hall–Kier alpha value is -0.810. The molecule has 2 heterocycles. The number of ether oxygens (including phenoxy) is 1. The molecule has 5 heteroatoms. The van der Waals surface area contributed by atoms with E-state index in [1.165, 1.54) is 39.3 Å². The molecule has 20 heavy (non-hydrogen) atoms. The van der Waals surface area contributed by atoms with Crippen LogP contribution in [0.1, 0.15) is 45.4 Å². The molecule has 0 radical (unpaired) electrons. The molecule has 0 aliphatic carbocycles. The zero-order valence-electron chi connectivity index (χ0n) is 12.9. The van der Waals surface area contributed by atoms with Gasteiger partial charge in [-0.3, -0.25) is 0 Å². The lowest BCUT2D eigenvalue weighted by molar-refractivity contribution is -0.0404. The van der Waals surface area contributed by atoms with Crippen LogP contribution in [-0.4, -0.2) is 55.4 Å². The van der Waals surface area contributed by atoms with E-state index in [9.17, 15) is 4.79 Å². The number of hydrogen-bond donors (Lipinski definition) is 1. The van der Waals surface area contributed by atoms with Gasteiger partial charge in [0.05, 0.1) is 7.11 Å². The average Bonchev–Trinajstić information content (AvgIpc) is 3.02. The molecule has 0 bridgehead atoms. The van der Waals surface area contributed by atoms with Crippen LogP contribution in [0.3, 0.4) is 0 Å². The van der Waals surface area contributed by atoms with Crippen LogP contribution < -0.4 is 5.32 Å². The number of methoxy groups -OCH3 is 1. The Labute approximate surface area is 122 Å². The van der Waals surface area contributed by atoms with Crippen molar-refractivity contribution >= 4 is 6.09 Å². The molecule has 2 saturated heterocycles. The van der Waals surface area contributed by atoms with Crippen molar-refractivity contribution in [3.05, 3.63) is 0 Å². The van der Waals surface area contributed by atoms with Gasteiger partial charge >= 0.3 is 6.09 Å². The van der Waals surface area contributed by atoms with Crippen molar-refractivity contribution < 1.29 is 9.53 Å². The molecule has 0 saturated carbocycles. The Morgan fingerprint density at radius 1 is 1.35 bits per heavy atom. The lowest BCUT2D eigenvalue weighted by Gasteiger charge is -2.40. The van der Waals surface area contributed by atoms with E-state index >= 15 is 0 Å². The molecule has 0 spiro atoms. The SMILES string of the molecule is CCCCN(C(=O)OC)N1CCC([C@@H]2CCCN2)CC1. The number of carbonyl (C=O) groups is 1. The number of piperidine rings is 1. The molecule has 2 aliphatic rings. The van der Waals surface area contributed by atoms with Crippen LogP contribution in [0.5, 0.6) is 0 Å². The largest absolute Gasteiger partial charge is 0.452 e. The van der Waals surface area contributed by atoms with Crippen molar-refractivity contribution in [1.29, 1.82) is 0 Å². The van der Waals surface area contributed by atoms with Crippen LogP contribution in [0.15, 0.2) is 0 Å². The maximum Gasteiger partial charge on any atom is 0.424 e. The number of nitrogens with one attached hydrogen (secondary N) is 1. The molecule has 2 rings (SSSR count). The van der Waals surface area contributed by atoms with Crippen molar-refractivity contribution in [1.82, 2.24) is 15.3 Å². The summed E-state index contributed by atoms with van der Waals surface area (Å²) in [5, 5.41) is 7.61. The molecule has 0 aromatic rings. The third-order valence-electron chi connectivity index (χ3n) is 4.63. The molecule has 1 amide bonds. The van der Waals surface area contributed by atoms with E-state index in [-0.39, 0.29) is 6.09 Å². The predicted octanol–water partition coefficient (Wildman–Crippen LogP) is 2.23. The molecule has 0 unspecified atom stereocenters. The van der Waals surface area contributed by atoms with E-state index in [4.69, 9.17) is 4.74 Å². The molecule has 1 atom stereocenters. The smallest absolute Gasteiger partial charge is 0.424 e. The van der Waals surface area contributed by atoms with Gasteiger partial charge in [-0.1, -0.05) is 13.3 Å². The average molecular weight is 283 g/mol.